The molecule has 2 N–H and O–H groups in total. The summed E-state index contributed by atoms with van der Waals surface area (Å²) >= 11 is 5.04. The standard InChI is InChI=1S/C9H17NS/c1-2-7-5-3-4-6-8(7)9(10)11/h7-8H,2-6H2,1H3,(H2,10,11). The van der Waals surface area contributed by atoms with E-state index in [1.54, 1.807) is 0 Å². The van der Waals surface area contributed by atoms with E-state index in [2.05, 4.69) is 6.92 Å². The first kappa shape index (κ1) is 8.98. The van der Waals surface area contributed by atoms with Crippen molar-refractivity contribution in [2.75, 3.05) is 0 Å². The summed E-state index contributed by atoms with van der Waals surface area (Å²) in [6.07, 6.45) is 6.49. The normalized spacial score (nSPS) is 31.7. The molecule has 2 heteroatoms. The number of nitrogens with two attached hydrogens (primary N) is 1. The Kier molecular flexibility index (Phi) is 3.31. The highest BCUT2D eigenvalue weighted by Gasteiger charge is 2.25. The third-order valence-corrected chi connectivity index (χ3v) is 3.10. The van der Waals surface area contributed by atoms with Gasteiger partial charge >= 0.3 is 0 Å². The summed E-state index contributed by atoms with van der Waals surface area (Å²) in [5, 5.41) is 0. The smallest absolute Gasteiger partial charge is 0.0761 e. The Balaban J connectivity index is 2.51. The van der Waals surface area contributed by atoms with Crippen LogP contribution in [-0.4, -0.2) is 4.99 Å². The highest BCUT2D eigenvalue weighted by Crippen LogP contribution is 2.32. The molecule has 1 aliphatic rings. The molecular weight excluding hydrogens is 154 g/mol. The van der Waals surface area contributed by atoms with Crippen molar-refractivity contribution < 1.29 is 0 Å². The second kappa shape index (κ2) is 4.05. The topological polar surface area (TPSA) is 26.0 Å². The fourth-order valence-corrected chi connectivity index (χ4v) is 2.38. The third-order valence-electron chi connectivity index (χ3n) is 2.80. The van der Waals surface area contributed by atoms with Crippen LogP contribution in [0.25, 0.3) is 0 Å². The van der Waals surface area contributed by atoms with Gasteiger partial charge in [0, 0.05) is 5.92 Å². The van der Waals surface area contributed by atoms with Gasteiger partial charge in [-0.3, -0.25) is 0 Å². The molecule has 0 aliphatic heterocycles. The van der Waals surface area contributed by atoms with Crippen molar-refractivity contribution in [2.45, 2.75) is 39.0 Å². The summed E-state index contributed by atoms with van der Waals surface area (Å²) in [5.74, 6) is 1.32. The van der Waals surface area contributed by atoms with Crippen LogP contribution in [0, 0.1) is 11.8 Å². The van der Waals surface area contributed by atoms with E-state index in [0.717, 1.165) is 10.9 Å². The summed E-state index contributed by atoms with van der Waals surface area (Å²) in [6.45, 7) is 2.24. The maximum absolute atomic E-state index is 5.66. The maximum atomic E-state index is 5.66. The molecule has 0 aromatic rings. The van der Waals surface area contributed by atoms with E-state index >= 15 is 0 Å². The van der Waals surface area contributed by atoms with Crippen molar-refractivity contribution in [3.05, 3.63) is 0 Å². The van der Waals surface area contributed by atoms with Crippen molar-refractivity contribution in [3.8, 4) is 0 Å². The molecule has 0 heterocycles. The van der Waals surface area contributed by atoms with Crippen molar-refractivity contribution in [1.82, 2.24) is 0 Å². The summed E-state index contributed by atoms with van der Waals surface area (Å²) in [4.78, 5) is 0.747. The minimum Gasteiger partial charge on any atom is -0.393 e. The average molecular weight is 171 g/mol. The van der Waals surface area contributed by atoms with Gasteiger partial charge in [-0.1, -0.05) is 38.4 Å². The first-order valence-corrected chi connectivity index (χ1v) is 4.95. The Bertz CT molecular complexity index is 144. The molecule has 11 heavy (non-hydrogen) atoms. The molecule has 2 atom stereocenters. The first-order chi connectivity index (χ1) is 5.25. The largest absolute Gasteiger partial charge is 0.393 e. The van der Waals surface area contributed by atoms with Crippen LogP contribution < -0.4 is 5.73 Å². The highest BCUT2D eigenvalue weighted by molar-refractivity contribution is 7.80. The predicted molar refractivity (Wildman–Crippen MR) is 52.5 cm³/mol. The number of rotatable bonds is 2. The molecule has 1 rings (SSSR count). The molecule has 1 nitrogen and oxygen atoms in total. The first-order valence-electron chi connectivity index (χ1n) is 4.55. The Hall–Kier alpha value is -0.110. The fourth-order valence-electron chi connectivity index (χ4n) is 2.07. The molecule has 0 saturated heterocycles. The van der Waals surface area contributed by atoms with Crippen molar-refractivity contribution in [1.29, 1.82) is 0 Å². The van der Waals surface area contributed by atoms with Gasteiger partial charge in [-0.2, -0.15) is 0 Å². The predicted octanol–water partition coefficient (Wildman–Crippen LogP) is 2.49. The minimum absolute atomic E-state index is 0.545. The van der Waals surface area contributed by atoms with Crippen molar-refractivity contribution in [3.63, 3.8) is 0 Å². The Morgan fingerprint density at radius 2 is 2.09 bits per heavy atom. The number of hydrogen-bond acceptors (Lipinski definition) is 1. The lowest BCUT2D eigenvalue weighted by Gasteiger charge is -2.29. The van der Waals surface area contributed by atoms with E-state index in [9.17, 15) is 0 Å². The number of thiocarbonyl (C=S) groups is 1. The van der Waals surface area contributed by atoms with Gasteiger partial charge < -0.3 is 5.73 Å². The Morgan fingerprint density at radius 3 is 2.55 bits per heavy atom. The zero-order valence-electron chi connectivity index (χ0n) is 7.18. The molecule has 1 aliphatic carbocycles. The number of hydrogen-bond donors (Lipinski definition) is 1. The van der Waals surface area contributed by atoms with E-state index in [1.807, 2.05) is 0 Å². The van der Waals surface area contributed by atoms with Crippen molar-refractivity contribution in [2.24, 2.45) is 17.6 Å². The maximum Gasteiger partial charge on any atom is 0.0761 e. The second-order valence-electron chi connectivity index (χ2n) is 3.46. The fraction of sp³-hybridized carbons (Fsp3) is 0.889. The van der Waals surface area contributed by atoms with Crippen LogP contribution in [0.1, 0.15) is 39.0 Å². The van der Waals surface area contributed by atoms with Gasteiger partial charge in [-0.05, 0) is 18.8 Å². The summed E-state index contributed by atoms with van der Waals surface area (Å²) in [7, 11) is 0. The van der Waals surface area contributed by atoms with Crippen LogP contribution in [0.5, 0.6) is 0 Å². The zero-order chi connectivity index (χ0) is 8.27. The van der Waals surface area contributed by atoms with E-state index in [4.69, 9.17) is 18.0 Å². The molecule has 0 aromatic heterocycles. The van der Waals surface area contributed by atoms with Gasteiger partial charge in [-0.15, -0.1) is 0 Å². The van der Waals surface area contributed by atoms with Gasteiger partial charge in [0.1, 0.15) is 0 Å². The summed E-state index contributed by atoms with van der Waals surface area (Å²) < 4.78 is 0. The van der Waals surface area contributed by atoms with Gasteiger partial charge in [0.25, 0.3) is 0 Å². The molecular formula is C9H17NS. The second-order valence-corrected chi connectivity index (χ2v) is 3.93. The molecule has 64 valence electrons. The van der Waals surface area contributed by atoms with Gasteiger partial charge in [0.05, 0.1) is 4.99 Å². The van der Waals surface area contributed by atoms with E-state index < -0.39 is 0 Å². The van der Waals surface area contributed by atoms with Gasteiger partial charge in [0.15, 0.2) is 0 Å². The Morgan fingerprint density at radius 1 is 1.45 bits per heavy atom. The van der Waals surface area contributed by atoms with Gasteiger partial charge in [0.2, 0.25) is 0 Å². The van der Waals surface area contributed by atoms with Crippen LogP contribution in [0.4, 0.5) is 0 Å². The molecule has 1 fully saturated rings. The lowest BCUT2D eigenvalue weighted by molar-refractivity contribution is 0.294. The lowest BCUT2D eigenvalue weighted by Crippen LogP contribution is -2.30. The summed E-state index contributed by atoms with van der Waals surface area (Å²) in [5.41, 5.74) is 5.66. The molecule has 0 amide bonds. The van der Waals surface area contributed by atoms with Crippen LogP contribution in [0.15, 0.2) is 0 Å². The van der Waals surface area contributed by atoms with Crippen LogP contribution >= 0.6 is 12.2 Å². The molecule has 0 bridgehead atoms. The third kappa shape index (κ3) is 2.16. The van der Waals surface area contributed by atoms with Crippen LogP contribution in [0.2, 0.25) is 0 Å². The molecule has 0 radical (unpaired) electrons. The molecule has 0 spiro atoms. The van der Waals surface area contributed by atoms with Crippen LogP contribution in [0.3, 0.4) is 0 Å². The monoisotopic (exact) mass is 171 g/mol. The van der Waals surface area contributed by atoms with Crippen molar-refractivity contribution >= 4 is 17.2 Å². The van der Waals surface area contributed by atoms with E-state index in [-0.39, 0.29) is 0 Å². The molecule has 1 saturated carbocycles. The Labute approximate surface area is 74.4 Å². The quantitative estimate of drug-likeness (QED) is 0.646. The van der Waals surface area contributed by atoms with E-state index in [1.165, 1.54) is 32.1 Å². The average Bonchev–Trinajstić information content (AvgIpc) is 2.04. The van der Waals surface area contributed by atoms with Crippen LogP contribution in [-0.2, 0) is 0 Å². The molecule has 0 aromatic carbocycles. The zero-order valence-corrected chi connectivity index (χ0v) is 7.99. The summed E-state index contributed by atoms with van der Waals surface area (Å²) in [6, 6.07) is 0. The molecule has 2 unspecified atom stereocenters. The SMILES string of the molecule is CCC1CCCCC1C(N)=S. The minimum atomic E-state index is 0.545. The highest BCUT2D eigenvalue weighted by atomic mass is 32.1. The lowest BCUT2D eigenvalue weighted by atomic mass is 9.78. The van der Waals surface area contributed by atoms with Gasteiger partial charge in [-0.25, -0.2) is 0 Å². The van der Waals surface area contributed by atoms with E-state index in [0.29, 0.717) is 5.92 Å².